The number of unbranched alkanes of at least 4 members (excludes halogenated alkanes) is 13. The van der Waals surface area contributed by atoms with Gasteiger partial charge in [-0.1, -0.05) is 102 Å². The van der Waals surface area contributed by atoms with Gasteiger partial charge in [0.05, 0.1) is 0 Å². The number of H-pyrrole nitrogens is 1. The van der Waals surface area contributed by atoms with Crippen LogP contribution < -0.4 is 4.57 Å². The summed E-state index contributed by atoms with van der Waals surface area (Å²) in [4.78, 5) is 3.55. The second-order valence-electron chi connectivity index (χ2n) is 8.78. The molecule has 1 N–H and O–H groups in total. The number of para-hydroxylation sites is 1. The summed E-state index contributed by atoms with van der Waals surface area (Å²) in [7, 11) is 0. The van der Waals surface area contributed by atoms with Gasteiger partial charge in [-0.2, -0.15) is 0 Å². The highest BCUT2D eigenvalue weighted by molar-refractivity contribution is 6.06. The van der Waals surface area contributed by atoms with Crippen LogP contribution in [-0.2, 0) is 6.54 Å². The minimum absolute atomic E-state index is 1.13. The molecule has 29 heavy (non-hydrogen) atoms. The lowest BCUT2D eigenvalue weighted by Crippen LogP contribution is -2.32. The molecule has 0 aliphatic heterocycles. The normalized spacial score (nSPS) is 11.6. The molecule has 0 saturated carbocycles. The third-order valence-corrected chi connectivity index (χ3v) is 6.27. The molecule has 2 heterocycles. The van der Waals surface area contributed by atoms with E-state index in [1.165, 1.54) is 112 Å². The van der Waals surface area contributed by atoms with E-state index >= 15 is 0 Å². The van der Waals surface area contributed by atoms with Gasteiger partial charge in [-0.05, 0) is 12.5 Å². The first kappa shape index (κ1) is 21.9. The van der Waals surface area contributed by atoms with Gasteiger partial charge in [0.15, 0.2) is 12.4 Å². The Morgan fingerprint density at radius 1 is 0.621 bits per heavy atom. The van der Waals surface area contributed by atoms with E-state index in [2.05, 4.69) is 59.2 Å². The predicted molar refractivity (Wildman–Crippen MR) is 126 cm³/mol. The molecular formula is C27H41N2+. The number of benzene rings is 1. The SMILES string of the molecule is CCCCCCCCCCCCCCCC[n+]1ccc2c(c1)[nH]c1ccccc12. The molecule has 0 fully saturated rings. The largest absolute Gasteiger partial charge is 0.350 e. The number of aryl methyl sites for hydroxylation is 1. The van der Waals surface area contributed by atoms with E-state index in [-0.39, 0.29) is 0 Å². The molecular weight excluding hydrogens is 352 g/mol. The van der Waals surface area contributed by atoms with Gasteiger partial charge in [-0.15, -0.1) is 0 Å². The Kier molecular flexibility index (Phi) is 9.56. The number of nitrogens with one attached hydrogen (secondary N) is 1. The Hall–Kier alpha value is -1.83. The maximum Gasteiger partial charge on any atom is 0.193 e. The highest BCUT2D eigenvalue weighted by atomic mass is 14.9. The highest BCUT2D eigenvalue weighted by Gasteiger charge is 2.08. The summed E-state index contributed by atoms with van der Waals surface area (Å²) in [6.07, 6.45) is 24.4. The van der Waals surface area contributed by atoms with Crippen LogP contribution in [0, 0.1) is 0 Å². The Labute approximate surface area is 177 Å². The molecule has 3 aromatic rings. The molecule has 2 nitrogen and oxygen atoms in total. The minimum atomic E-state index is 1.13. The molecule has 0 radical (unpaired) electrons. The van der Waals surface area contributed by atoms with Crippen LogP contribution in [0.4, 0.5) is 0 Å². The van der Waals surface area contributed by atoms with Gasteiger partial charge in [0.25, 0.3) is 0 Å². The van der Waals surface area contributed by atoms with Crippen molar-refractivity contribution in [2.24, 2.45) is 0 Å². The van der Waals surface area contributed by atoms with Gasteiger partial charge < -0.3 is 4.98 Å². The highest BCUT2D eigenvalue weighted by Crippen LogP contribution is 2.23. The van der Waals surface area contributed by atoms with Crippen molar-refractivity contribution in [2.45, 2.75) is 103 Å². The number of nitrogens with zero attached hydrogens (tertiary/aromatic N) is 1. The molecule has 3 rings (SSSR count). The van der Waals surface area contributed by atoms with E-state index in [0.717, 1.165) is 6.54 Å². The number of hydrogen-bond donors (Lipinski definition) is 1. The van der Waals surface area contributed by atoms with E-state index in [1.807, 2.05) is 0 Å². The monoisotopic (exact) mass is 393 g/mol. The molecule has 2 aromatic heterocycles. The van der Waals surface area contributed by atoms with Crippen molar-refractivity contribution in [3.05, 3.63) is 42.7 Å². The Morgan fingerprint density at radius 3 is 1.83 bits per heavy atom. The summed E-state index contributed by atoms with van der Waals surface area (Å²) in [6, 6.07) is 10.8. The van der Waals surface area contributed by atoms with Gasteiger partial charge in [0.1, 0.15) is 12.1 Å². The number of rotatable bonds is 15. The summed E-state index contributed by atoms with van der Waals surface area (Å²) in [6.45, 7) is 3.42. The molecule has 0 unspecified atom stereocenters. The van der Waals surface area contributed by atoms with Crippen LogP contribution in [0.3, 0.4) is 0 Å². The maximum absolute atomic E-state index is 3.55. The zero-order valence-corrected chi connectivity index (χ0v) is 18.6. The summed E-state index contributed by atoms with van der Waals surface area (Å²) >= 11 is 0. The molecule has 0 amide bonds. The molecule has 0 spiro atoms. The fraction of sp³-hybridized carbons (Fsp3) is 0.593. The molecule has 0 atom stereocenters. The van der Waals surface area contributed by atoms with E-state index < -0.39 is 0 Å². The van der Waals surface area contributed by atoms with Crippen LogP contribution in [-0.4, -0.2) is 4.98 Å². The molecule has 0 bridgehead atoms. The lowest BCUT2D eigenvalue weighted by molar-refractivity contribution is -0.696. The topological polar surface area (TPSA) is 19.7 Å². The van der Waals surface area contributed by atoms with Gasteiger partial charge in [-0.25, -0.2) is 4.57 Å². The fourth-order valence-corrected chi connectivity index (χ4v) is 4.47. The number of hydrogen-bond acceptors (Lipinski definition) is 0. The van der Waals surface area contributed by atoms with Gasteiger partial charge >= 0.3 is 0 Å². The van der Waals surface area contributed by atoms with Crippen molar-refractivity contribution >= 4 is 21.8 Å². The van der Waals surface area contributed by atoms with Gasteiger partial charge in [0, 0.05) is 28.8 Å². The molecule has 0 saturated heterocycles. The van der Waals surface area contributed by atoms with Gasteiger partial charge in [0.2, 0.25) is 0 Å². The van der Waals surface area contributed by atoms with Crippen molar-refractivity contribution in [1.29, 1.82) is 0 Å². The zero-order valence-electron chi connectivity index (χ0n) is 18.6. The van der Waals surface area contributed by atoms with Gasteiger partial charge in [-0.3, -0.25) is 0 Å². The number of aromatic nitrogens is 2. The average molecular weight is 394 g/mol. The standard InChI is InChI=1S/C27H40N2/c1-2-3-4-5-6-7-8-9-10-11-12-13-14-17-21-29-22-20-25-24-18-15-16-19-26(24)28-27(25)23-29/h15-16,18-20,22-23H,2-14,17,21H2,1H3/p+1. The second-order valence-corrected chi connectivity index (χ2v) is 8.78. The van der Waals surface area contributed by atoms with Crippen molar-refractivity contribution in [1.82, 2.24) is 4.98 Å². The molecule has 0 aliphatic carbocycles. The third kappa shape index (κ3) is 7.17. The van der Waals surface area contributed by atoms with Crippen LogP contribution in [0.5, 0.6) is 0 Å². The Morgan fingerprint density at radius 2 is 1.17 bits per heavy atom. The first-order valence-corrected chi connectivity index (χ1v) is 12.3. The lowest BCUT2D eigenvalue weighted by atomic mass is 10.0. The molecule has 2 heteroatoms. The summed E-state index contributed by atoms with van der Waals surface area (Å²) in [5.41, 5.74) is 2.48. The summed E-state index contributed by atoms with van der Waals surface area (Å²) in [5, 5.41) is 2.66. The van der Waals surface area contributed by atoms with Crippen molar-refractivity contribution in [3.8, 4) is 0 Å². The first-order chi connectivity index (χ1) is 14.4. The van der Waals surface area contributed by atoms with Crippen LogP contribution in [0.15, 0.2) is 42.7 Å². The van der Waals surface area contributed by atoms with Crippen molar-refractivity contribution in [2.75, 3.05) is 0 Å². The predicted octanol–water partition coefficient (Wildman–Crippen LogP) is 8.09. The van der Waals surface area contributed by atoms with Crippen molar-refractivity contribution in [3.63, 3.8) is 0 Å². The minimum Gasteiger partial charge on any atom is -0.350 e. The van der Waals surface area contributed by atoms with E-state index in [9.17, 15) is 0 Å². The van der Waals surface area contributed by atoms with E-state index in [1.54, 1.807) is 0 Å². The smallest absolute Gasteiger partial charge is 0.193 e. The maximum atomic E-state index is 3.55. The lowest BCUT2D eigenvalue weighted by Gasteiger charge is -2.03. The molecule has 158 valence electrons. The van der Waals surface area contributed by atoms with E-state index in [0.29, 0.717) is 0 Å². The zero-order chi connectivity index (χ0) is 20.2. The molecule has 0 aliphatic rings. The number of pyridine rings is 1. The van der Waals surface area contributed by atoms with Crippen LogP contribution in [0.1, 0.15) is 96.8 Å². The Bertz CT molecular complexity index is 833. The summed E-state index contributed by atoms with van der Waals surface area (Å²) < 4.78 is 2.35. The Balaban J connectivity index is 1.22. The van der Waals surface area contributed by atoms with E-state index in [4.69, 9.17) is 0 Å². The molecule has 1 aromatic carbocycles. The first-order valence-electron chi connectivity index (χ1n) is 12.3. The third-order valence-electron chi connectivity index (χ3n) is 6.27. The average Bonchev–Trinajstić information content (AvgIpc) is 3.12. The second kappa shape index (κ2) is 12.7. The summed E-state index contributed by atoms with van der Waals surface area (Å²) in [5.74, 6) is 0. The van der Waals surface area contributed by atoms with Crippen LogP contribution >= 0.6 is 0 Å². The van der Waals surface area contributed by atoms with Crippen molar-refractivity contribution < 1.29 is 4.57 Å². The fourth-order valence-electron chi connectivity index (χ4n) is 4.47. The quantitative estimate of drug-likeness (QED) is 0.199. The number of aromatic amines is 1. The van der Waals surface area contributed by atoms with Crippen LogP contribution in [0.2, 0.25) is 0 Å². The number of fused-ring (bicyclic) bond motifs is 3. The van der Waals surface area contributed by atoms with Crippen LogP contribution in [0.25, 0.3) is 21.8 Å².